The molecule has 3 rings (SSSR count). The number of hydrogen-bond acceptors (Lipinski definition) is 5. The molecule has 1 aliphatic heterocycles. The van der Waals surface area contributed by atoms with Crippen molar-refractivity contribution in [1.29, 1.82) is 0 Å². The molecule has 0 spiro atoms. The highest BCUT2D eigenvalue weighted by atomic mass is 32.1. The zero-order chi connectivity index (χ0) is 18.0. The van der Waals surface area contributed by atoms with E-state index >= 15 is 0 Å². The van der Waals surface area contributed by atoms with Crippen LogP contribution >= 0.6 is 11.3 Å². The van der Waals surface area contributed by atoms with Crippen molar-refractivity contribution >= 4 is 29.2 Å². The van der Waals surface area contributed by atoms with Crippen molar-refractivity contribution < 1.29 is 14.3 Å². The van der Waals surface area contributed by atoms with Crippen LogP contribution in [0.1, 0.15) is 30.2 Å². The zero-order valence-electron chi connectivity index (χ0n) is 14.7. The number of hydrogen-bond donors (Lipinski definition) is 2. The highest BCUT2D eigenvalue weighted by Gasteiger charge is 2.40. The van der Waals surface area contributed by atoms with E-state index < -0.39 is 5.54 Å². The topological polar surface area (TPSA) is 84.7 Å². The molecule has 1 aliphatic carbocycles. The van der Waals surface area contributed by atoms with Gasteiger partial charge in [0.2, 0.25) is 5.91 Å². The van der Waals surface area contributed by atoms with Crippen molar-refractivity contribution in [3.63, 3.8) is 0 Å². The van der Waals surface area contributed by atoms with E-state index in [-0.39, 0.29) is 17.7 Å². The zero-order valence-corrected chi connectivity index (χ0v) is 15.5. The number of likely N-dealkylation sites (tertiary alicyclic amines) is 1. The predicted molar refractivity (Wildman–Crippen MR) is 98.0 cm³/mol. The third-order valence-corrected chi connectivity index (χ3v) is 5.94. The number of amides is 2. The first-order valence-corrected chi connectivity index (χ1v) is 9.48. The van der Waals surface area contributed by atoms with Crippen LogP contribution in [0.5, 0.6) is 0 Å². The van der Waals surface area contributed by atoms with Gasteiger partial charge < -0.3 is 20.7 Å². The van der Waals surface area contributed by atoms with Gasteiger partial charge in [-0.15, -0.1) is 11.3 Å². The van der Waals surface area contributed by atoms with Crippen LogP contribution in [0, 0.1) is 5.92 Å². The Bertz CT molecular complexity index is 687. The summed E-state index contributed by atoms with van der Waals surface area (Å²) < 4.78 is 4.94. The quantitative estimate of drug-likeness (QED) is 0.773. The van der Waals surface area contributed by atoms with E-state index in [2.05, 4.69) is 5.32 Å². The Balaban J connectivity index is 1.58. The number of nitrogens with two attached hydrogens (primary N) is 1. The molecular weight excluding hydrogens is 338 g/mol. The lowest BCUT2D eigenvalue weighted by Gasteiger charge is -2.34. The Hall–Kier alpha value is -1.70. The summed E-state index contributed by atoms with van der Waals surface area (Å²) in [5, 5.41) is 4.88. The van der Waals surface area contributed by atoms with Gasteiger partial charge in [-0.3, -0.25) is 9.59 Å². The minimum Gasteiger partial charge on any atom is -0.383 e. The van der Waals surface area contributed by atoms with E-state index in [1.54, 1.807) is 18.4 Å². The van der Waals surface area contributed by atoms with Gasteiger partial charge in [-0.05, 0) is 42.9 Å². The first kappa shape index (κ1) is 18.1. The van der Waals surface area contributed by atoms with Gasteiger partial charge in [0.1, 0.15) is 0 Å². The van der Waals surface area contributed by atoms with Crippen LogP contribution in [-0.4, -0.2) is 50.1 Å². The van der Waals surface area contributed by atoms with Gasteiger partial charge in [0.05, 0.1) is 12.1 Å². The SMILES string of the molecule is COCCNC(=O)C1CCN(C(=O)C2=Cc3sccc3C2(C)N)CC1. The maximum atomic E-state index is 12.9. The Morgan fingerprint density at radius 3 is 2.80 bits per heavy atom. The summed E-state index contributed by atoms with van der Waals surface area (Å²) in [5.41, 5.74) is 7.38. The number of thiophene rings is 1. The summed E-state index contributed by atoms with van der Waals surface area (Å²) in [4.78, 5) is 28.0. The minimum absolute atomic E-state index is 0.00774. The molecule has 136 valence electrons. The maximum Gasteiger partial charge on any atom is 0.252 e. The maximum absolute atomic E-state index is 12.9. The highest BCUT2D eigenvalue weighted by molar-refractivity contribution is 7.11. The van der Waals surface area contributed by atoms with Gasteiger partial charge in [-0.2, -0.15) is 0 Å². The molecule has 1 unspecified atom stereocenters. The Morgan fingerprint density at radius 2 is 2.16 bits per heavy atom. The van der Waals surface area contributed by atoms with Crippen LogP contribution in [0.3, 0.4) is 0 Å². The molecule has 2 amide bonds. The average Bonchev–Trinajstić information content (AvgIpc) is 3.17. The third kappa shape index (κ3) is 3.49. The number of methoxy groups -OCH3 is 1. The summed E-state index contributed by atoms with van der Waals surface area (Å²) in [6.45, 7) is 4.10. The van der Waals surface area contributed by atoms with Crippen molar-refractivity contribution in [1.82, 2.24) is 10.2 Å². The predicted octanol–water partition coefficient (Wildman–Crippen LogP) is 1.32. The van der Waals surface area contributed by atoms with Crippen molar-refractivity contribution in [3.8, 4) is 0 Å². The summed E-state index contributed by atoms with van der Waals surface area (Å²) in [7, 11) is 1.61. The van der Waals surface area contributed by atoms with Gasteiger partial charge in [0.15, 0.2) is 0 Å². The Labute approximate surface area is 152 Å². The molecule has 3 N–H and O–H groups in total. The van der Waals surface area contributed by atoms with Crippen LogP contribution in [0.15, 0.2) is 17.0 Å². The van der Waals surface area contributed by atoms with Crippen LogP contribution in [0.2, 0.25) is 0 Å². The fraction of sp³-hybridized carbons (Fsp3) is 0.556. The summed E-state index contributed by atoms with van der Waals surface area (Å²) >= 11 is 1.61. The van der Waals surface area contributed by atoms with Crippen molar-refractivity contribution in [3.05, 3.63) is 27.5 Å². The van der Waals surface area contributed by atoms with Gasteiger partial charge in [0, 0.05) is 43.1 Å². The molecule has 0 radical (unpaired) electrons. The van der Waals surface area contributed by atoms with Gasteiger partial charge >= 0.3 is 0 Å². The number of nitrogens with one attached hydrogen (secondary N) is 1. The van der Waals surface area contributed by atoms with Crippen LogP contribution < -0.4 is 11.1 Å². The highest BCUT2D eigenvalue weighted by Crippen LogP contribution is 2.41. The Kier molecular flexibility index (Phi) is 5.27. The lowest BCUT2D eigenvalue weighted by Crippen LogP contribution is -2.47. The van der Waals surface area contributed by atoms with Gasteiger partial charge in [-0.1, -0.05) is 0 Å². The normalized spacial score (nSPS) is 23.3. The lowest BCUT2D eigenvalue weighted by atomic mass is 9.89. The second-order valence-electron chi connectivity index (χ2n) is 6.81. The molecule has 1 saturated heterocycles. The van der Waals surface area contributed by atoms with E-state index in [4.69, 9.17) is 10.5 Å². The van der Waals surface area contributed by atoms with Gasteiger partial charge in [0.25, 0.3) is 5.91 Å². The summed E-state index contributed by atoms with van der Waals surface area (Å²) in [6.07, 6.45) is 3.29. The van der Waals surface area contributed by atoms with Crippen molar-refractivity contribution in [2.45, 2.75) is 25.3 Å². The monoisotopic (exact) mass is 363 g/mol. The Morgan fingerprint density at radius 1 is 1.44 bits per heavy atom. The van der Waals surface area contributed by atoms with E-state index in [0.717, 1.165) is 10.4 Å². The fourth-order valence-corrected chi connectivity index (χ4v) is 4.45. The molecule has 1 atom stereocenters. The molecule has 0 aromatic carbocycles. The summed E-state index contributed by atoms with van der Waals surface area (Å²) in [5.74, 6) is 0.00561. The van der Waals surface area contributed by atoms with Crippen LogP contribution in [-0.2, 0) is 19.9 Å². The molecule has 2 heterocycles. The number of ether oxygens (including phenoxy) is 1. The molecule has 25 heavy (non-hydrogen) atoms. The number of rotatable bonds is 5. The van der Waals surface area contributed by atoms with E-state index in [1.165, 1.54) is 0 Å². The van der Waals surface area contributed by atoms with Crippen molar-refractivity contribution in [2.75, 3.05) is 33.4 Å². The average molecular weight is 363 g/mol. The van der Waals surface area contributed by atoms with Crippen LogP contribution in [0.4, 0.5) is 0 Å². The molecule has 1 aromatic heterocycles. The molecule has 6 nitrogen and oxygen atoms in total. The lowest BCUT2D eigenvalue weighted by molar-refractivity contribution is -0.133. The first-order chi connectivity index (χ1) is 11.9. The van der Waals surface area contributed by atoms with E-state index in [0.29, 0.717) is 44.7 Å². The second kappa shape index (κ2) is 7.27. The van der Waals surface area contributed by atoms with Gasteiger partial charge in [-0.25, -0.2) is 0 Å². The molecule has 0 bridgehead atoms. The number of piperidine rings is 1. The van der Waals surface area contributed by atoms with Crippen LogP contribution in [0.25, 0.3) is 6.08 Å². The molecule has 1 fully saturated rings. The molecule has 1 aromatic rings. The fourth-order valence-electron chi connectivity index (χ4n) is 3.51. The number of nitrogens with zero attached hydrogens (tertiary/aromatic N) is 1. The smallest absolute Gasteiger partial charge is 0.252 e. The third-order valence-electron chi connectivity index (χ3n) is 5.08. The largest absolute Gasteiger partial charge is 0.383 e. The standard InChI is InChI=1S/C18H25N3O3S/c1-18(19)13-5-10-25-15(13)11-14(18)17(23)21-7-3-12(4-8-21)16(22)20-6-9-24-2/h5,10-12H,3-4,6-9,19H2,1-2H3,(H,20,22). The number of carbonyl (C=O) groups is 2. The van der Waals surface area contributed by atoms with E-state index in [1.807, 2.05) is 29.3 Å². The minimum atomic E-state index is -0.735. The molecular formula is C18H25N3O3S. The molecule has 2 aliphatic rings. The number of fused-ring (bicyclic) bond motifs is 1. The molecule has 0 saturated carbocycles. The van der Waals surface area contributed by atoms with Crippen molar-refractivity contribution in [2.24, 2.45) is 11.7 Å². The second-order valence-corrected chi connectivity index (χ2v) is 7.76. The summed E-state index contributed by atoms with van der Waals surface area (Å²) in [6, 6.07) is 1.99. The first-order valence-electron chi connectivity index (χ1n) is 8.60. The van der Waals surface area contributed by atoms with E-state index in [9.17, 15) is 9.59 Å². The number of carbonyl (C=O) groups excluding carboxylic acids is 2. The molecule has 7 heteroatoms.